The highest BCUT2D eigenvalue weighted by Gasteiger charge is 2.33. The zero-order valence-electron chi connectivity index (χ0n) is 19.6. The smallest absolute Gasteiger partial charge is 0.387 e. The molecule has 4 heterocycles. The van der Waals surface area contributed by atoms with Crippen LogP contribution in [0, 0.1) is 0 Å². The fourth-order valence-corrected chi connectivity index (χ4v) is 6.62. The number of carbonyl (C=O) groups is 1. The lowest BCUT2D eigenvalue weighted by molar-refractivity contribution is -0.141. The molecule has 14 heteroatoms. The van der Waals surface area contributed by atoms with E-state index in [0.29, 0.717) is 35.1 Å². The van der Waals surface area contributed by atoms with E-state index in [2.05, 4.69) is 15.4 Å². The van der Waals surface area contributed by atoms with Crippen LogP contribution in [0.4, 0.5) is 13.2 Å². The Morgan fingerprint density at radius 1 is 1.13 bits per heavy atom. The van der Waals surface area contributed by atoms with Gasteiger partial charge in [-0.3, -0.25) is 4.79 Å². The number of piperidine rings is 1. The third kappa shape index (κ3) is 6.08. The number of nitrogens with zero attached hydrogens (tertiary/aromatic N) is 5. The minimum atomic E-state index is -4.54. The molecule has 1 amide bonds. The first kappa shape index (κ1) is 27.2. The van der Waals surface area contributed by atoms with Gasteiger partial charge >= 0.3 is 6.18 Å². The highest BCUT2D eigenvalue weighted by atomic mass is 35.5. The van der Waals surface area contributed by atoms with Crippen LogP contribution in [0.15, 0.2) is 45.9 Å². The Bertz CT molecular complexity index is 1330. The van der Waals surface area contributed by atoms with Crippen LogP contribution >= 0.6 is 46.3 Å². The van der Waals surface area contributed by atoms with Crippen molar-refractivity contribution < 1.29 is 22.8 Å². The van der Waals surface area contributed by atoms with Crippen LogP contribution in [0.1, 0.15) is 53.2 Å². The van der Waals surface area contributed by atoms with Gasteiger partial charge in [-0.1, -0.05) is 46.2 Å². The fraction of sp³-hybridized carbons (Fsp3) is 0.375. The Kier molecular flexibility index (Phi) is 8.13. The number of aromatic nitrogens is 3. The molecule has 0 bridgehead atoms. The zero-order chi connectivity index (χ0) is 26.9. The Balaban J connectivity index is 1.11. The quantitative estimate of drug-likeness (QED) is 0.295. The number of thiazole rings is 1. The zero-order valence-corrected chi connectivity index (χ0v) is 22.8. The summed E-state index contributed by atoms with van der Waals surface area (Å²) in [6, 6.07) is 7.41. The Labute approximate surface area is 234 Å². The van der Waals surface area contributed by atoms with Gasteiger partial charge in [-0.15, -0.1) is 21.5 Å². The van der Waals surface area contributed by atoms with Crippen molar-refractivity contribution in [2.45, 2.75) is 42.5 Å². The largest absolute Gasteiger partial charge is 0.435 e. The second-order valence-corrected chi connectivity index (χ2v) is 11.4. The van der Waals surface area contributed by atoms with Crippen molar-refractivity contribution in [1.29, 1.82) is 0 Å². The van der Waals surface area contributed by atoms with E-state index in [0.717, 1.165) is 47.1 Å². The third-order valence-corrected chi connectivity index (χ3v) is 8.85. The molecular formula is C24H20Cl2F3N5O2S2. The lowest BCUT2D eigenvalue weighted by Crippen LogP contribution is -2.38. The number of thioether (sulfide) groups is 1. The summed E-state index contributed by atoms with van der Waals surface area (Å²) in [5.74, 6) is 0.224. The number of benzene rings is 1. The summed E-state index contributed by atoms with van der Waals surface area (Å²) in [4.78, 5) is 24.8. The maximum absolute atomic E-state index is 12.6. The number of rotatable bonds is 6. The van der Waals surface area contributed by atoms with Crippen molar-refractivity contribution in [3.8, 4) is 0 Å². The lowest BCUT2D eigenvalue weighted by Gasteiger charge is -2.31. The first-order valence-corrected chi connectivity index (χ1v) is 14.2. The van der Waals surface area contributed by atoms with Crippen LogP contribution in [0.3, 0.4) is 0 Å². The number of hydrogen-bond donors (Lipinski definition) is 0. The summed E-state index contributed by atoms with van der Waals surface area (Å²) >= 11 is 15.3. The third-order valence-electron chi connectivity index (χ3n) is 6.28. The molecule has 3 aromatic rings. The number of likely N-dealkylation sites (tertiary alicyclic amines) is 1. The predicted molar refractivity (Wildman–Crippen MR) is 140 cm³/mol. The van der Waals surface area contributed by atoms with Gasteiger partial charge in [0.2, 0.25) is 5.91 Å². The molecule has 2 aliphatic heterocycles. The minimum absolute atomic E-state index is 0.0859. The minimum Gasteiger partial charge on any atom is -0.387 e. The number of carbonyl (C=O) groups excluding carboxylic acids is 1. The van der Waals surface area contributed by atoms with Crippen LogP contribution in [-0.2, 0) is 15.8 Å². The van der Waals surface area contributed by atoms with Crippen molar-refractivity contribution in [3.63, 3.8) is 0 Å². The van der Waals surface area contributed by atoms with E-state index in [1.54, 1.807) is 34.4 Å². The molecule has 200 valence electrons. The first-order chi connectivity index (χ1) is 18.2. The van der Waals surface area contributed by atoms with Crippen LogP contribution in [0.2, 0.25) is 10.0 Å². The summed E-state index contributed by atoms with van der Waals surface area (Å²) in [7, 11) is 0. The van der Waals surface area contributed by atoms with E-state index in [4.69, 9.17) is 33.0 Å². The molecule has 2 aliphatic rings. The molecule has 5 rings (SSSR count). The SMILES string of the molecule is O=C(CSc1ccc(C(F)(F)F)nn1)N1CCC(c2nc(C3=NOC(c4c(Cl)cccc4Cl)C3)cs2)CC1. The molecule has 1 saturated heterocycles. The van der Waals surface area contributed by atoms with Gasteiger partial charge < -0.3 is 9.74 Å². The van der Waals surface area contributed by atoms with Gasteiger partial charge in [0.1, 0.15) is 10.7 Å². The molecular weight excluding hydrogens is 582 g/mol. The number of amides is 1. The van der Waals surface area contributed by atoms with Crippen molar-refractivity contribution >= 4 is 57.9 Å². The normalized spacial score (nSPS) is 18.4. The van der Waals surface area contributed by atoms with E-state index in [1.165, 1.54) is 6.07 Å². The predicted octanol–water partition coefficient (Wildman–Crippen LogP) is 6.62. The first-order valence-electron chi connectivity index (χ1n) is 11.6. The summed E-state index contributed by atoms with van der Waals surface area (Å²) < 4.78 is 37.9. The number of oxime groups is 1. The average molecular weight is 602 g/mol. The molecule has 0 radical (unpaired) electrons. The maximum Gasteiger partial charge on any atom is 0.435 e. The van der Waals surface area contributed by atoms with E-state index in [1.807, 2.05) is 5.38 Å². The molecule has 0 aliphatic carbocycles. The van der Waals surface area contributed by atoms with Gasteiger partial charge in [-0.2, -0.15) is 13.2 Å². The summed E-state index contributed by atoms with van der Waals surface area (Å²) in [6.07, 6.45) is -2.85. The van der Waals surface area contributed by atoms with Gasteiger partial charge in [0.05, 0.1) is 16.5 Å². The van der Waals surface area contributed by atoms with Crippen LogP contribution in [0.5, 0.6) is 0 Å². The molecule has 0 saturated carbocycles. The standard InChI is InChI=1S/C24H20Cl2F3N5O2S2/c25-14-2-1-3-15(26)22(14)18-10-16(33-36-18)17-11-38-23(30-17)13-6-8-34(9-7-13)21(35)12-37-20-5-4-19(31-32-20)24(27,28)29/h1-5,11,13,18H,6-10,12H2. The van der Waals surface area contributed by atoms with E-state index < -0.39 is 11.9 Å². The van der Waals surface area contributed by atoms with Gasteiger partial charge in [0, 0.05) is 46.4 Å². The lowest BCUT2D eigenvalue weighted by atomic mass is 9.97. The number of hydrogen-bond acceptors (Lipinski definition) is 8. The molecule has 7 nitrogen and oxygen atoms in total. The van der Waals surface area contributed by atoms with Crippen LogP contribution in [-0.4, -0.2) is 50.5 Å². The number of halogens is 5. The molecule has 1 fully saturated rings. The maximum atomic E-state index is 12.6. The highest BCUT2D eigenvalue weighted by molar-refractivity contribution is 7.99. The van der Waals surface area contributed by atoms with Crippen LogP contribution < -0.4 is 0 Å². The molecule has 0 spiro atoms. The Morgan fingerprint density at radius 3 is 2.53 bits per heavy atom. The topological polar surface area (TPSA) is 80.6 Å². The highest BCUT2D eigenvalue weighted by Crippen LogP contribution is 2.39. The molecule has 0 N–H and O–H groups in total. The summed E-state index contributed by atoms with van der Waals surface area (Å²) in [6.45, 7) is 1.16. The van der Waals surface area contributed by atoms with Gasteiger partial charge in [-0.25, -0.2) is 4.98 Å². The van der Waals surface area contributed by atoms with Crippen molar-refractivity contribution in [2.75, 3.05) is 18.8 Å². The van der Waals surface area contributed by atoms with Gasteiger partial charge in [-0.05, 0) is 37.1 Å². The average Bonchev–Trinajstić information content (AvgIpc) is 3.57. The number of alkyl halides is 3. The van der Waals surface area contributed by atoms with E-state index in [9.17, 15) is 18.0 Å². The molecule has 1 aromatic carbocycles. The monoisotopic (exact) mass is 601 g/mol. The second-order valence-electron chi connectivity index (χ2n) is 8.74. The summed E-state index contributed by atoms with van der Waals surface area (Å²) in [5.41, 5.74) is 1.16. The van der Waals surface area contributed by atoms with Gasteiger partial charge in [0.25, 0.3) is 0 Å². The van der Waals surface area contributed by atoms with Crippen molar-refractivity contribution in [3.05, 3.63) is 67.7 Å². The molecule has 1 atom stereocenters. The summed E-state index contributed by atoms with van der Waals surface area (Å²) in [5, 5.41) is 15.3. The van der Waals surface area contributed by atoms with E-state index in [-0.39, 0.29) is 28.7 Å². The molecule has 1 unspecified atom stereocenters. The van der Waals surface area contributed by atoms with Crippen molar-refractivity contribution in [1.82, 2.24) is 20.1 Å². The molecule has 38 heavy (non-hydrogen) atoms. The Hall–Kier alpha value is -2.41. The fourth-order valence-electron chi connectivity index (χ4n) is 4.26. The van der Waals surface area contributed by atoms with Gasteiger partial charge in [0.15, 0.2) is 11.8 Å². The van der Waals surface area contributed by atoms with Crippen molar-refractivity contribution in [2.24, 2.45) is 5.16 Å². The van der Waals surface area contributed by atoms with Crippen LogP contribution in [0.25, 0.3) is 0 Å². The molecule has 2 aromatic heterocycles. The van der Waals surface area contributed by atoms with E-state index >= 15 is 0 Å². The Morgan fingerprint density at radius 2 is 1.87 bits per heavy atom. The second kappa shape index (κ2) is 11.4.